The largest absolute Gasteiger partial charge is 0.352 e. The number of fused-ring (bicyclic) bond motifs is 1. The van der Waals surface area contributed by atoms with E-state index < -0.39 is 28.5 Å². The van der Waals surface area contributed by atoms with E-state index in [9.17, 15) is 18.0 Å². The highest BCUT2D eigenvalue weighted by Gasteiger charge is 2.30. The zero-order valence-corrected chi connectivity index (χ0v) is 22.6. The van der Waals surface area contributed by atoms with Gasteiger partial charge in [0.15, 0.2) is 0 Å². The fourth-order valence-electron chi connectivity index (χ4n) is 3.65. The molecule has 0 aliphatic carbocycles. The van der Waals surface area contributed by atoms with Gasteiger partial charge in [-0.05, 0) is 61.4 Å². The normalized spacial score (nSPS) is 12.7. The van der Waals surface area contributed by atoms with Gasteiger partial charge in [0.2, 0.25) is 21.8 Å². The molecule has 0 aromatic heterocycles. The van der Waals surface area contributed by atoms with Gasteiger partial charge in [0.1, 0.15) is 6.04 Å². The predicted molar refractivity (Wildman–Crippen MR) is 141 cm³/mol. The summed E-state index contributed by atoms with van der Waals surface area (Å²) in [4.78, 5) is 27.6. The molecule has 0 fully saturated rings. The van der Waals surface area contributed by atoms with E-state index in [-0.39, 0.29) is 23.4 Å². The number of halogens is 1. The summed E-state index contributed by atoms with van der Waals surface area (Å²) in [5.41, 5.74) is 0.825. The van der Waals surface area contributed by atoms with Crippen molar-refractivity contribution < 1.29 is 18.0 Å². The van der Waals surface area contributed by atoms with Crippen molar-refractivity contribution in [1.82, 2.24) is 14.5 Å². The highest BCUT2D eigenvalue weighted by Crippen LogP contribution is 2.22. The van der Waals surface area contributed by atoms with Crippen LogP contribution in [0.3, 0.4) is 0 Å². The van der Waals surface area contributed by atoms with E-state index in [1.807, 2.05) is 62.4 Å². The minimum Gasteiger partial charge on any atom is -0.352 e. The number of rotatable bonds is 9. The Morgan fingerprint density at radius 2 is 1.57 bits per heavy atom. The first-order valence-corrected chi connectivity index (χ1v) is 13.5. The molecule has 0 heterocycles. The molecule has 2 amide bonds. The zero-order chi connectivity index (χ0) is 25.8. The lowest BCUT2D eigenvalue weighted by Gasteiger charge is -2.30. The molecule has 3 aromatic rings. The standard InChI is InChI=1S/C26H30BrN3O4S/c1-18(2)28-26(32)19(3)30(16-20-9-12-23(27)13-10-20)25(31)17-29(4)35(33,34)24-14-11-21-7-5-6-8-22(21)15-24/h5-15,18-19H,16-17H2,1-4H3,(H,28,32). The Bertz CT molecular complexity index is 1310. The van der Waals surface area contributed by atoms with E-state index >= 15 is 0 Å². The number of carbonyl (C=O) groups excluding carboxylic acids is 2. The maximum absolute atomic E-state index is 13.4. The Labute approximate surface area is 215 Å². The number of likely N-dealkylation sites (N-methyl/N-ethyl adjacent to an activating group) is 1. The Morgan fingerprint density at radius 1 is 0.943 bits per heavy atom. The lowest BCUT2D eigenvalue weighted by molar-refractivity contribution is -0.140. The van der Waals surface area contributed by atoms with Crippen LogP contribution >= 0.6 is 15.9 Å². The van der Waals surface area contributed by atoms with Crippen LogP contribution in [-0.2, 0) is 26.2 Å². The molecule has 9 heteroatoms. The van der Waals surface area contributed by atoms with Crippen LogP contribution in [-0.4, -0.2) is 55.1 Å². The van der Waals surface area contributed by atoms with Gasteiger partial charge in [-0.1, -0.05) is 58.4 Å². The van der Waals surface area contributed by atoms with E-state index in [0.717, 1.165) is 25.1 Å². The molecular formula is C26H30BrN3O4S. The Balaban J connectivity index is 1.84. The summed E-state index contributed by atoms with van der Waals surface area (Å²) in [7, 11) is -2.55. The summed E-state index contributed by atoms with van der Waals surface area (Å²) in [6.45, 7) is 5.10. The van der Waals surface area contributed by atoms with Crippen LogP contribution in [0.4, 0.5) is 0 Å². The maximum atomic E-state index is 13.4. The van der Waals surface area contributed by atoms with E-state index in [0.29, 0.717) is 0 Å². The quantitative estimate of drug-likeness (QED) is 0.426. The molecular weight excluding hydrogens is 530 g/mol. The molecule has 1 N–H and O–H groups in total. The van der Waals surface area contributed by atoms with Gasteiger partial charge in [-0.25, -0.2) is 8.42 Å². The van der Waals surface area contributed by atoms with Crippen molar-refractivity contribution in [3.05, 3.63) is 76.8 Å². The number of hydrogen-bond acceptors (Lipinski definition) is 4. The summed E-state index contributed by atoms with van der Waals surface area (Å²) in [6, 6.07) is 18.9. The van der Waals surface area contributed by atoms with Crippen LogP contribution in [0.2, 0.25) is 0 Å². The summed E-state index contributed by atoms with van der Waals surface area (Å²) in [6.07, 6.45) is 0. The highest BCUT2D eigenvalue weighted by molar-refractivity contribution is 9.10. The van der Waals surface area contributed by atoms with Crippen LogP contribution in [0.15, 0.2) is 76.1 Å². The number of sulfonamides is 1. The fraction of sp³-hybridized carbons (Fsp3) is 0.308. The first kappa shape index (κ1) is 26.8. The van der Waals surface area contributed by atoms with E-state index in [1.54, 1.807) is 19.1 Å². The molecule has 1 unspecified atom stereocenters. The van der Waals surface area contributed by atoms with Gasteiger partial charge < -0.3 is 10.2 Å². The van der Waals surface area contributed by atoms with Crippen molar-refractivity contribution in [2.75, 3.05) is 13.6 Å². The minimum atomic E-state index is -3.92. The minimum absolute atomic E-state index is 0.0921. The molecule has 3 aromatic carbocycles. The lowest BCUT2D eigenvalue weighted by atomic mass is 10.1. The van der Waals surface area contributed by atoms with Gasteiger partial charge in [0, 0.05) is 24.1 Å². The first-order valence-electron chi connectivity index (χ1n) is 11.3. The third-order valence-corrected chi connectivity index (χ3v) is 7.98. The van der Waals surface area contributed by atoms with Gasteiger partial charge in [-0.2, -0.15) is 4.31 Å². The van der Waals surface area contributed by atoms with Gasteiger partial charge >= 0.3 is 0 Å². The molecule has 0 spiro atoms. The number of amides is 2. The average Bonchev–Trinajstić information content (AvgIpc) is 2.82. The lowest BCUT2D eigenvalue weighted by Crippen LogP contribution is -2.51. The molecule has 7 nitrogen and oxygen atoms in total. The Kier molecular flexibility index (Phi) is 8.69. The monoisotopic (exact) mass is 559 g/mol. The molecule has 35 heavy (non-hydrogen) atoms. The molecule has 3 rings (SSSR count). The van der Waals surface area contributed by atoms with Crippen molar-refractivity contribution in [2.45, 2.75) is 44.3 Å². The highest BCUT2D eigenvalue weighted by atomic mass is 79.9. The van der Waals surface area contributed by atoms with Crippen LogP contribution < -0.4 is 5.32 Å². The molecule has 0 aliphatic heterocycles. The second-order valence-electron chi connectivity index (χ2n) is 8.76. The second-order valence-corrected chi connectivity index (χ2v) is 11.7. The van der Waals surface area contributed by atoms with Crippen molar-refractivity contribution in [3.63, 3.8) is 0 Å². The van der Waals surface area contributed by atoms with Crippen LogP contribution in [0.5, 0.6) is 0 Å². The SMILES string of the molecule is CC(C)NC(=O)C(C)N(Cc1ccc(Br)cc1)C(=O)CN(C)S(=O)(=O)c1ccc2ccccc2c1. The first-order chi connectivity index (χ1) is 16.5. The number of nitrogens with zero attached hydrogens (tertiary/aromatic N) is 2. The number of carbonyl (C=O) groups is 2. The molecule has 0 aliphatic rings. The number of benzene rings is 3. The van der Waals surface area contributed by atoms with Crippen molar-refractivity contribution >= 4 is 48.5 Å². The second kappa shape index (κ2) is 11.3. The number of nitrogens with one attached hydrogen (secondary N) is 1. The summed E-state index contributed by atoms with van der Waals surface area (Å²) >= 11 is 3.39. The Morgan fingerprint density at radius 3 is 2.20 bits per heavy atom. The Hall–Kier alpha value is -2.75. The van der Waals surface area contributed by atoms with Crippen molar-refractivity contribution in [1.29, 1.82) is 0 Å². The van der Waals surface area contributed by atoms with Gasteiger partial charge in [0.25, 0.3) is 0 Å². The topological polar surface area (TPSA) is 86.8 Å². The maximum Gasteiger partial charge on any atom is 0.243 e. The molecule has 0 saturated heterocycles. The average molecular weight is 561 g/mol. The van der Waals surface area contributed by atoms with Crippen LogP contribution in [0.25, 0.3) is 10.8 Å². The predicted octanol–water partition coefficient (Wildman–Crippen LogP) is 4.16. The molecule has 0 bridgehead atoms. The van der Waals surface area contributed by atoms with Gasteiger partial charge in [-0.15, -0.1) is 0 Å². The van der Waals surface area contributed by atoms with Gasteiger partial charge in [0.05, 0.1) is 11.4 Å². The number of hydrogen-bond donors (Lipinski definition) is 1. The third kappa shape index (κ3) is 6.68. The zero-order valence-electron chi connectivity index (χ0n) is 20.2. The summed E-state index contributed by atoms with van der Waals surface area (Å²) < 4.78 is 28.4. The van der Waals surface area contributed by atoms with Crippen molar-refractivity contribution in [2.24, 2.45) is 0 Å². The van der Waals surface area contributed by atoms with Crippen LogP contribution in [0, 0.1) is 0 Å². The molecule has 0 radical (unpaired) electrons. The molecule has 0 saturated carbocycles. The fourth-order valence-corrected chi connectivity index (χ4v) is 5.07. The summed E-state index contributed by atoms with van der Waals surface area (Å²) in [5.74, 6) is -0.767. The summed E-state index contributed by atoms with van der Waals surface area (Å²) in [5, 5.41) is 4.55. The smallest absolute Gasteiger partial charge is 0.243 e. The van der Waals surface area contributed by atoms with E-state index in [1.165, 1.54) is 18.0 Å². The van der Waals surface area contributed by atoms with Crippen molar-refractivity contribution in [3.8, 4) is 0 Å². The molecule has 186 valence electrons. The van der Waals surface area contributed by atoms with Gasteiger partial charge in [-0.3, -0.25) is 9.59 Å². The van der Waals surface area contributed by atoms with E-state index in [4.69, 9.17) is 0 Å². The third-order valence-electron chi connectivity index (χ3n) is 5.65. The van der Waals surface area contributed by atoms with Crippen LogP contribution in [0.1, 0.15) is 26.3 Å². The molecule has 1 atom stereocenters. The van der Waals surface area contributed by atoms with E-state index in [2.05, 4.69) is 21.2 Å².